The van der Waals surface area contributed by atoms with Crippen LogP contribution in [0.2, 0.25) is 0 Å². The Morgan fingerprint density at radius 1 is 0.922 bits per heavy atom. The van der Waals surface area contributed by atoms with Crippen molar-refractivity contribution in [3.05, 3.63) is 122 Å². The van der Waals surface area contributed by atoms with Gasteiger partial charge in [-0.1, -0.05) is 43.5 Å². The predicted molar refractivity (Wildman–Crippen MR) is 186 cm³/mol. The number of ether oxygens (including phenoxy) is 1. The minimum absolute atomic E-state index is 0.125. The topological polar surface area (TPSA) is 158 Å². The molecule has 0 unspecified atom stereocenters. The quantitative estimate of drug-likeness (QED) is 0.176. The van der Waals surface area contributed by atoms with Crippen LogP contribution in [0.5, 0.6) is 0 Å². The summed E-state index contributed by atoms with van der Waals surface area (Å²) in [7, 11) is -0.980. The number of halogens is 2. The van der Waals surface area contributed by atoms with Crippen molar-refractivity contribution in [3.63, 3.8) is 0 Å². The zero-order chi connectivity index (χ0) is 36.7. The number of nitrogens with one attached hydrogen (secondary N) is 3. The molecule has 15 heteroatoms. The summed E-state index contributed by atoms with van der Waals surface area (Å²) in [5.74, 6) is -4.62. The van der Waals surface area contributed by atoms with E-state index in [9.17, 15) is 27.6 Å². The van der Waals surface area contributed by atoms with Crippen molar-refractivity contribution in [2.75, 3.05) is 18.4 Å². The Balaban J connectivity index is 1.35. The van der Waals surface area contributed by atoms with E-state index >= 15 is 8.78 Å². The highest BCUT2D eigenvalue weighted by molar-refractivity contribution is 7.92. The molecule has 1 fully saturated rings. The summed E-state index contributed by atoms with van der Waals surface area (Å²) in [6.07, 6.45) is 6.10. The number of rotatable bonds is 13. The molecule has 12 nitrogen and oxygen atoms in total. The van der Waals surface area contributed by atoms with Crippen LogP contribution < -0.4 is 26.6 Å². The van der Waals surface area contributed by atoms with Crippen LogP contribution in [0.15, 0.2) is 87.4 Å². The van der Waals surface area contributed by atoms with Crippen molar-refractivity contribution in [1.82, 2.24) is 19.8 Å². The van der Waals surface area contributed by atoms with Crippen LogP contribution in [-0.4, -0.2) is 49.1 Å². The highest BCUT2D eigenvalue weighted by atomic mass is 32.2. The molecule has 3 aromatic carbocycles. The third-order valence-corrected chi connectivity index (χ3v) is 10.1. The van der Waals surface area contributed by atoms with Crippen molar-refractivity contribution in [2.45, 2.75) is 56.0 Å². The lowest BCUT2D eigenvalue weighted by Crippen LogP contribution is -2.44. The summed E-state index contributed by atoms with van der Waals surface area (Å²) in [5.41, 5.74) is -0.975. The number of aryl methyl sites for hydroxylation is 1. The largest absolute Gasteiger partial charge is 0.464 e. The van der Waals surface area contributed by atoms with Gasteiger partial charge in [0.05, 0.1) is 22.9 Å². The summed E-state index contributed by atoms with van der Waals surface area (Å²) < 4.78 is 66.4. The molecule has 51 heavy (non-hydrogen) atoms. The Morgan fingerprint density at radius 3 is 2.18 bits per heavy atom. The van der Waals surface area contributed by atoms with Crippen molar-refractivity contribution < 1.29 is 31.5 Å². The molecule has 1 heterocycles. The first-order valence-corrected chi connectivity index (χ1v) is 18.0. The van der Waals surface area contributed by atoms with Gasteiger partial charge < -0.3 is 19.9 Å². The Labute approximate surface area is 293 Å². The minimum Gasteiger partial charge on any atom is -0.464 e. The van der Waals surface area contributed by atoms with Gasteiger partial charge in [-0.3, -0.25) is 14.3 Å². The van der Waals surface area contributed by atoms with Crippen molar-refractivity contribution in [1.29, 1.82) is 0 Å². The average molecular weight is 724 g/mol. The van der Waals surface area contributed by atoms with E-state index in [4.69, 9.17) is 4.74 Å². The first-order chi connectivity index (χ1) is 24.4. The zero-order valence-corrected chi connectivity index (χ0v) is 29.0. The van der Waals surface area contributed by atoms with Crippen LogP contribution in [0.3, 0.4) is 0 Å². The maximum atomic E-state index is 15.3. The van der Waals surface area contributed by atoms with Gasteiger partial charge in [0, 0.05) is 32.3 Å². The second-order valence-electron chi connectivity index (χ2n) is 12.5. The monoisotopic (exact) mass is 723 g/mol. The summed E-state index contributed by atoms with van der Waals surface area (Å²) in [5, 5.41) is 5.33. The van der Waals surface area contributed by atoms with Gasteiger partial charge in [0.25, 0.3) is 21.5 Å². The van der Waals surface area contributed by atoms with Crippen molar-refractivity contribution in [2.24, 2.45) is 13.0 Å². The van der Waals surface area contributed by atoms with Crippen LogP contribution in [0.1, 0.15) is 53.6 Å². The standard InChI is InChI=1S/C36H39F2N5O7S/c1-39-21-24-10-14-28(15-11-24)51(48,49)41-26-19-29(37)33(30(38)20-26)34(45)40-31(35(46)50-22-25-6-4-3-5-7-25)18-23-8-12-27(13-9-23)43-32(44)16-17-42(2)36(43)47/h8-17,19-20,25,31,39,41H,3-7,18,21-22H2,1-2H3,(H,40,45)/t31-/m0/s1. The van der Waals surface area contributed by atoms with E-state index in [1.165, 1.54) is 48.1 Å². The van der Waals surface area contributed by atoms with Crippen LogP contribution in [0.25, 0.3) is 5.69 Å². The lowest BCUT2D eigenvalue weighted by atomic mass is 9.90. The van der Waals surface area contributed by atoms with Crippen molar-refractivity contribution in [3.8, 4) is 5.69 Å². The maximum absolute atomic E-state index is 15.3. The average Bonchev–Trinajstić information content (AvgIpc) is 3.10. The molecular formula is C36H39F2N5O7S. The van der Waals surface area contributed by atoms with Gasteiger partial charge in [-0.25, -0.2) is 31.4 Å². The van der Waals surface area contributed by atoms with E-state index in [-0.39, 0.29) is 29.5 Å². The van der Waals surface area contributed by atoms with Gasteiger partial charge in [0.1, 0.15) is 23.2 Å². The molecule has 1 aliphatic carbocycles. The lowest BCUT2D eigenvalue weighted by Gasteiger charge is -2.23. The van der Waals surface area contributed by atoms with Crippen LogP contribution in [-0.2, 0) is 39.6 Å². The Morgan fingerprint density at radius 2 is 1.55 bits per heavy atom. The van der Waals surface area contributed by atoms with Gasteiger partial charge >= 0.3 is 11.7 Å². The predicted octanol–water partition coefficient (Wildman–Crippen LogP) is 3.80. The van der Waals surface area contributed by atoms with Crippen LogP contribution >= 0.6 is 0 Å². The number of anilines is 1. The number of esters is 1. The Hall–Kier alpha value is -5.15. The second kappa shape index (κ2) is 16.2. The summed E-state index contributed by atoms with van der Waals surface area (Å²) in [4.78, 5) is 51.5. The Bertz CT molecular complexity index is 2090. The van der Waals surface area contributed by atoms with Crippen LogP contribution in [0.4, 0.5) is 14.5 Å². The number of aromatic nitrogens is 2. The molecule has 270 valence electrons. The molecule has 4 aromatic rings. The molecule has 0 saturated heterocycles. The summed E-state index contributed by atoms with van der Waals surface area (Å²) in [6.45, 7) is 0.637. The highest BCUT2D eigenvalue weighted by Gasteiger charge is 2.29. The fourth-order valence-electron chi connectivity index (χ4n) is 5.95. The van der Waals surface area contributed by atoms with Gasteiger partial charge in [-0.15, -0.1) is 0 Å². The number of amides is 1. The maximum Gasteiger partial charge on any atom is 0.335 e. The highest BCUT2D eigenvalue weighted by Crippen LogP contribution is 2.25. The molecule has 3 N–H and O–H groups in total. The first-order valence-electron chi connectivity index (χ1n) is 16.5. The number of carbonyl (C=O) groups is 2. The van der Waals surface area contributed by atoms with E-state index in [2.05, 4.69) is 15.4 Å². The van der Waals surface area contributed by atoms with E-state index < -0.39 is 62.1 Å². The number of hydrogen-bond acceptors (Lipinski definition) is 8. The van der Waals surface area contributed by atoms with Gasteiger partial charge in [-0.05, 0) is 73.3 Å². The molecule has 1 aromatic heterocycles. The third-order valence-electron chi connectivity index (χ3n) is 8.70. The minimum atomic E-state index is -4.22. The summed E-state index contributed by atoms with van der Waals surface area (Å²) >= 11 is 0. The van der Waals surface area contributed by atoms with E-state index in [0.717, 1.165) is 42.2 Å². The molecule has 0 spiro atoms. The molecule has 0 aliphatic heterocycles. The van der Waals surface area contributed by atoms with E-state index in [0.29, 0.717) is 24.2 Å². The number of hydrogen-bond donors (Lipinski definition) is 3. The van der Waals surface area contributed by atoms with E-state index in [1.807, 2.05) is 0 Å². The first kappa shape index (κ1) is 37.1. The van der Waals surface area contributed by atoms with Crippen molar-refractivity contribution >= 4 is 27.6 Å². The molecular weight excluding hydrogens is 684 g/mol. The van der Waals surface area contributed by atoms with Gasteiger partial charge in [0.15, 0.2) is 0 Å². The molecule has 1 saturated carbocycles. The summed E-state index contributed by atoms with van der Waals surface area (Å²) in [6, 6.07) is 13.2. The van der Waals surface area contributed by atoms with Gasteiger partial charge in [-0.2, -0.15) is 0 Å². The lowest BCUT2D eigenvalue weighted by molar-refractivity contribution is -0.147. The second-order valence-corrected chi connectivity index (χ2v) is 14.2. The molecule has 5 rings (SSSR count). The fourth-order valence-corrected chi connectivity index (χ4v) is 6.99. The molecule has 1 aliphatic rings. The zero-order valence-electron chi connectivity index (χ0n) is 28.2. The number of sulfonamides is 1. The fraction of sp³-hybridized carbons (Fsp3) is 0.333. The number of nitrogens with zero attached hydrogens (tertiary/aromatic N) is 2. The SMILES string of the molecule is CNCc1ccc(S(=O)(=O)Nc2cc(F)c(C(=O)N[C@@H](Cc3ccc(-n4c(=O)ccn(C)c4=O)cc3)C(=O)OCC3CCCCC3)c(F)c2)cc1. The molecule has 0 bridgehead atoms. The Kier molecular flexibility index (Phi) is 11.8. The molecule has 1 amide bonds. The normalized spacial score (nSPS) is 14.1. The number of carbonyl (C=O) groups excluding carboxylic acids is 2. The van der Waals surface area contributed by atoms with Gasteiger partial charge in [0.2, 0.25) is 0 Å². The smallest absolute Gasteiger partial charge is 0.335 e. The molecule has 0 radical (unpaired) electrons. The third kappa shape index (κ3) is 9.15. The molecule has 1 atom stereocenters. The van der Waals surface area contributed by atoms with E-state index in [1.54, 1.807) is 31.3 Å². The number of benzene rings is 3. The van der Waals surface area contributed by atoms with Crippen LogP contribution in [0, 0.1) is 17.6 Å².